The number of nitrogens with zero attached hydrogens (tertiary/aromatic N) is 1. The van der Waals surface area contributed by atoms with E-state index in [-0.39, 0.29) is 0 Å². The van der Waals surface area contributed by atoms with Gasteiger partial charge in [0.15, 0.2) is 0 Å². The quantitative estimate of drug-likeness (QED) is 0.722. The first-order valence-corrected chi connectivity index (χ1v) is 8.59. The van der Waals surface area contributed by atoms with Crippen molar-refractivity contribution in [1.82, 2.24) is 4.90 Å². The van der Waals surface area contributed by atoms with Gasteiger partial charge in [-0.05, 0) is 30.5 Å². The molecule has 1 N–H and O–H groups in total. The van der Waals surface area contributed by atoms with E-state index in [9.17, 15) is 5.11 Å². The van der Waals surface area contributed by atoms with Crippen LogP contribution in [0.1, 0.15) is 30.7 Å². The van der Waals surface area contributed by atoms with Crippen molar-refractivity contribution >= 4 is 0 Å². The van der Waals surface area contributed by atoms with Crippen LogP contribution in [0.25, 0.3) is 0 Å². The molecule has 1 unspecified atom stereocenters. The van der Waals surface area contributed by atoms with E-state index < -0.39 is 6.10 Å². The minimum absolute atomic E-state index is 0.309. The van der Waals surface area contributed by atoms with Crippen LogP contribution in [0.4, 0.5) is 0 Å². The number of aliphatic hydroxyl groups is 1. The molecule has 0 aliphatic rings. The van der Waals surface area contributed by atoms with Gasteiger partial charge < -0.3 is 14.3 Å². The summed E-state index contributed by atoms with van der Waals surface area (Å²) in [7, 11) is 0. The van der Waals surface area contributed by atoms with Gasteiger partial charge >= 0.3 is 0 Å². The first kappa shape index (κ1) is 18.7. The fraction of sp³-hybridized carbons (Fsp3) is 0.500. The van der Waals surface area contributed by atoms with Gasteiger partial charge in [0.1, 0.15) is 12.4 Å². The zero-order valence-corrected chi connectivity index (χ0v) is 14.9. The van der Waals surface area contributed by atoms with Crippen molar-refractivity contribution in [1.29, 1.82) is 0 Å². The normalized spacial score (nSPS) is 12.9. The summed E-state index contributed by atoms with van der Waals surface area (Å²) >= 11 is 0. The Hall–Kier alpha value is -1.62. The Morgan fingerprint density at radius 3 is 2.67 bits per heavy atom. The standard InChI is InChI=1S/C20H29NO3/c1-16(2)11-21(12-18-7-4-6-17(3)10-18)13-19(22)14-23-15-20-8-5-9-24-20/h4-10,16,19,22H,11-15H2,1-3H3. The molecule has 0 saturated carbocycles. The summed E-state index contributed by atoms with van der Waals surface area (Å²) in [6.07, 6.45) is 1.12. The fourth-order valence-electron chi connectivity index (χ4n) is 2.83. The molecule has 1 atom stereocenters. The SMILES string of the molecule is Cc1cccc(CN(CC(C)C)CC(O)COCc2ccco2)c1. The number of hydrogen-bond acceptors (Lipinski definition) is 4. The van der Waals surface area contributed by atoms with E-state index in [2.05, 4.69) is 49.9 Å². The van der Waals surface area contributed by atoms with Gasteiger partial charge in [0.2, 0.25) is 0 Å². The van der Waals surface area contributed by atoms with Gasteiger partial charge in [0, 0.05) is 19.6 Å². The second-order valence-electron chi connectivity index (χ2n) is 6.83. The number of benzene rings is 1. The highest BCUT2D eigenvalue weighted by Gasteiger charge is 2.14. The Morgan fingerprint density at radius 2 is 2.00 bits per heavy atom. The minimum Gasteiger partial charge on any atom is -0.467 e. The van der Waals surface area contributed by atoms with E-state index in [1.54, 1.807) is 6.26 Å². The lowest BCUT2D eigenvalue weighted by Crippen LogP contribution is -2.36. The monoisotopic (exact) mass is 331 g/mol. The third-order valence-electron chi connectivity index (χ3n) is 3.72. The molecule has 1 aromatic heterocycles. The Balaban J connectivity index is 1.82. The molecule has 4 heteroatoms. The summed E-state index contributed by atoms with van der Waals surface area (Å²) in [5.74, 6) is 1.33. The largest absolute Gasteiger partial charge is 0.467 e. The van der Waals surface area contributed by atoms with Crippen LogP contribution in [0, 0.1) is 12.8 Å². The molecular weight excluding hydrogens is 302 g/mol. The highest BCUT2D eigenvalue weighted by molar-refractivity contribution is 5.22. The zero-order valence-electron chi connectivity index (χ0n) is 14.9. The van der Waals surface area contributed by atoms with Crippen molar-refractivity contribution in [3.8, 4) is 0 Å². The van der Waals surface area contributed by atoms with Crippen molar-refractivity contribution < 1.29 is 14.3 Å². The van der Waals surface area contributed by atoms with Gasteiger partial charge in [-0.15, -0.1) is 0 Å². The number of hydrogen-bond donors (Lipinski definition) is 1. The first-order valence-electron chi connectivity index (χ1n) is 8.59. The third-order valence-corrected chi connectivity index (χ3v) is 3.72. The molecule has 0 amide bonds. The fourth-order valence-corrected chi connectivity index (χ4v) is 2.83. The van der Waals surface area contributed by atoms with Crippen LogP contribution in [-0.2, 0) is 17.9 Å². The van der Waals surface area contributed by atoms with E-state index in [0.717, 1.165) is 18.8 Å². The van der Waals surface area contributed by atoms with Crippen LogP contribution in [0.15, 0.2) is 47.1 Å². The number of aliphatic hydroxyl groups excluding tert-OH is 1. The smallest absolute Gasteiger partial charge is 0.129 e. The predicted octanol–water partition coefficient (Wildman–Crippen LogP) is 3.62. The highest BCUT2D eigenvalue weighted by atomic mass is 16.5. The van der Waals surface area contributed by atoms with Gasteiger partial charge in [-0.1, -0.05) is 43.7 Å². The highest BCUT2D eigenvalue weighted by Crippen LogP contribution is 2.11. The maximum absolute atomic E-state index is 10.3. The van der Waals surface area contributed by atoms with Gasteiger partial charge in [0.05, 0.1) is 19.0 Å². The molecule has 1 aromatic carbocycles. The molecule has 2 aromatic rings. The zero-order chi connectivity index (χ0) is 17.4. The lowest BCUT2D eigenvalue weighted by atomic mass is 10.1. The van der Waals surface area contributed by atoms with E-state index in [0.29, 0.717) is 25.7 Å². The van der Waals surface area contributed by atoms with E-state index >= 15 is 0 Å². The lowest BCUT2D eigenvalue weighted by molar-refractivity contribution is 0.00224. The number of rotatable bonds is 10. The van der Waals surface area contributed by atoms with Crippen molar-refractivity contribution in [3.63, 3.8) is 0 Å². The Morgan fingerprint density at radius 1 is 1.17 bits per heavy atom. The summed E-state index contributed by atoms with van der Waals surface area (Å²) in [6.45, 7) is 9.59. The van der Waals surface area contributed by atoms with Crippen molar-refractivity contribution in [2.24, 2.45) is 5.92 Å². The van der Waals surface area contributed by atoms with E-state index in [1.807, 2.05) is 12.1 Å². The Labute approximate surface area is 145 Å². The first-order chi connectivity index (χ1) is 11.5. The summed E-state index contributed by atoms with van der Waals surface area (Å²) in [5, 5.41) is 10.3. The molecule has 4 nitrogen and oxygen atoms in total. The molecule has 0 aliphatic heterocycles. The molecule has 2 rings (SSSR count). The molecule has 0 saturated heterocycles. The van der Waals surface area contributed by atoms with Crippen LogP contribution < -0.4 is 0 Å². The molecule has 0 fully saturated rings. The summed E-state index contributed by atoms with van der Waals surface area (Å²) in [4.78, 5) is 2.29. The van der Waals surface area contributed by atoms with E-state index in [4.69, 9.17) is 9.15 Å². The summed E-state index contributed by atoms with van der Waals surface area (Å²) < 4.78 is 10.8. The number of ether oxygens (including phenoxy) is 1. The maximum Gasteiger partial charge on any atom is 0.129 e. The number of aryl methyl sites for hydroxylation is 1. The van der Waals surface area contributed by atoms with Crippen LogP contribution in [-0.4, -0.2) is 35.8 Å². The van der Waals surface area contributed by atoms with Gasteiger partial charge in [0.25, 0.3) is 0 Å². The summed E-state index contributed by atoms with van der Waals surface area (Å²) in [5.41, 5.74) is 2.54. The molecule has 132 valence electrons. The average molecular weight is 331 g/mol. The van der Waals surface area contributed by atoms with Crippen LogP contribution in [0.3, 0.4) is 0 Å². The molecule has 24 heavy (non-hydrogen) atoms. The second-order valence-corrected chi connectivity index (χ2v) is 6.83. The average Bonchev–Trinajstić information content (AvgIpc) is 2.99. The van der Waals surface area contributed by atoms with Crippen LogP contribution in [0.2, 0.25) is 0 Å². The van der Waals surface area contributed by atoms with Crippen molar-refractivity contribution in [2.45, 2.75) is 40.0 Å². The van der Waals surface area contributed by atoms with Gasteiger partial charge in [-0.3, -0.25) is 4.90 Å². The molecule has 0 aliphatic carbocycles. The predicted molar refractivity (Wildman–Crippen MR) is 95.7 cm³/mol. The summed E-state index contributed by atoms with van der Waals surface area (Å²) in [6, 6.07) is 12.2. The van der Waals surface area contributed by atoms with Crippen molar-refractivity contribution in [3.05, 3.63) is 59.5 Å². The Bertz CT molecular complexity index is 580. The molecule has 0 bridgehead atoms. The van der Waals surface area contributed by atoms with Crippen LogP contribution >= 0.6 is 0 Å². The molecular formula is C20H29NO3. The number of furan rings is 1. The molecule has 1 heterocycles. The van der Waals surface area contributed by atoms with Crippen LogP contribution in [0.5, 0.6) is 0 Å². The van der Waals surface area contributed by atoms with Gasteiger partial charge in [-0.25, -0.2) is 0 Å². The second kappa shape index (κ2) is 9.62. The Kier molecular flexibility index (Phi) is 7.50. The molecule has 0 spiro atoms. The molecule has 0 radical (unpaired) electrons. The lowest BCUT2D eigenvalue weighted by Gasteiger charge is -2.27. The topological polar surface area (TPSA) is 45.8 Å². The maximum atomic E-state index is 10.3. The third kappa shape index (κ3) is 6.87. The van der Waals surface area contributed by atoms with Gasteiger partial charge in [-0.2, -0.15) is 0 Å². The minimum atomic E-state index is -0.511. The van der Waals surface area contributed by atoms with Crippen molar-refractivity contribution in [2.75, 3.05) is 19.7 Å². The van der Waals surface area contributed by atoms with E-state index in [1.165, 1.54) is 11.1 Å².